The van der Waals surface area contributed by atoms with Gasteiger partial charge in [0.25, 0.3) is 0 Å². The highest BCUT2D eigenvalue weighted by Crippen LogP contribution is 2.29. The molecule has 8 heteroatoms. The van der Waals surface area contributed by atoms with Crippen molar-refractivity contribution in [3.05, 3.63) is 47.3 Å². The third kappa shape index (κ3) is 12.9. The van der Waals surface area contributed by atoms with Gasteiger partial charge in [0.2, 0.25) is 0 Å². The number of nitrogens with zero attached hydrogens (tertiary/aromatic N) is 4. The van der Waals surface area contributed by atoms with Gasteiger partial charge in [-0.2, -0.15) is 0 Å². The lowest BCUT2D eigenvalue weighted by Gasteiger charge is -2.36. The van der Waals surface area contributed by atoms with Crippen LogP contribution in [0.3, 0.4) is 0 Å². The van der Waals surface area contributed by atoms with Crippen LogP contribution in [-0.2, 0) is 0 Å². The Bertz CT molecular complexity index is 986. The number of aromatic nitrogens is 2. The molecule has 4 rings (SSSR count). The van der Waals surface area contributed by atoms with E-state index in [1.165, 1.54) is 12.8 Å². The maximum atomic E-state index is 14.0. The highest BCUT2D eigenvalue weighted by atomic mass is 19.1. The Kier molecular flexibility index (Phi) is 19.4. The van der Waals surface area contributed by atoms with Crippen LogP contribution in [0.15, 0.2) is 24.3 Å². The summed E-state index contributed by atoms with van der Waals surface area (Å²) in [5.74, 6) is 4.10. The average molecular weight is 595 g/mol. The van der Waals surface area contributed by atoms with Gasteiger partial charge in [-0.05, 0) is 66.5 Å². The van der Waals surface area contributed by atoms with Crippen LogP contribution in [0.1, 0.15) is 105 Å². The molecule has 2 aromatic rings. The maximum absolute atomic E-state index is 14.0. The molecule has 2 aromatic heterocycles. The third-order valence-corrected chi connectivity index (χ3v) is 7.19. The molecule has 0 aliphatic carbocycles. The first-order chi connectivity index (χ1) is 19.9. The van der Waals surface area contributed by atoms with Crippen molar-refractivity contribution in [1.29, 1.82) is 0 Å². The predicted molar refractivity (Wildman–Crippen MR) is 175 cm³/mol. The van der Waals surface area contributed by atoms with Crippen LogP contribution >= 0.6 is 0 Å². The Hall–Kier alpha value is -2.32. The van der Waals surface area contributed by atoms with Crippen LogP contribution in [0.25, 0.3) is 0 Å². The van der Waals surface area contributed by atoms with Gasteiger partial charge in [0.05, 0.1) is 0 Å². The molecule has 2 aliphatic rings. The molecule has 0 saturated carbocycles. The first kappa shape index (κ1) is 39.7. The van der Waals surface area contributed by atoms with Crippen LogP contribution in [0.2, 0.25) is 0 Å². The van der Waals surface area contributed by atoms with E-state index in [9.17, 15) is 8.78 Å². The fourth-order valence-electron chi connectivity index (χ4n) is 5.64. The second-order valence-corrected chi connectivity index (χ2v) is 12.1. The smallest absolute Gasteiger partial charge is 0.165 e. The van der Waals surface area contributed by atoms with E-state index in [1.54, 1.807) is 24.3 Å². The van der Waals surface area contributed by atoms with Crippen LogP contribution in [0.4, 0.5) is 20.4 Å². The average Bonchev–Trinajstić information content (AvgIpc) is 2.95. The molecule has 4 unspecified atom stereocenters. The van der Waals surface area contributed by atoms with Crippen molar-refractivity contribution < 1.29 is 19.0 Å². The highest BCUT2D eigenvalue weighted by Gasteiger charge is 2.25. The Morgan fingerprint density at radius 1 is 0.667 bits per heavy atom. The normalized spacial score (nSPS) is 21.6. The van der Waals surface area contributed by atoms with E-state index < -0.39 is 0 Å². The summed E-state index contributed by atoms with van der Waals surface area (Å²) >= 11 is 0. The summed E-state index contributed by atoms with van der Waals surface area (Å²) in [6, 6.07) is 6.46. The zero-order valence-corrected chi connectivity index (χ0v) is 28.5. The van der Waals surface area contributed by atoms with Crippen molar-refractivity contribution in [2.75, 3.05) is 50.2 Å². The molecule has 0 amide bonds. The number of hydrogen-bond acceptors (Lipinski definition) is 6. The molecular weight excluding hydrogens is 534 g/mol. The van der Waals surface area contributed by atoms with E-state index in [1.807, 2.05) is 27.7 Å². The molecule has 6 nitrogen and oxygen atoms in total. The minimum absolute atomic E-state index is 0.172. The standard InChI is InChI=1S/2C15H23FN2.C2H6.2CH4O/c1-10(2)14-6-13(16)7-15(17-14)18-8-11(3)5-12(4)9-18;1-10(2)14-6-5-13(16)15(17-14)18-8-11(3)7-12(4)9-18;3*1-2/h6-7,10-12H,5,8-9H2,1-4H3;5-6,10-12H,7-9H2,1-4H3;1-2H3;2*2H,1H3. The summed E-state index contributed by atoms with van der Waals surface area (Å²) in [6.07, 6.45) is 2.48. The Morgan fingerprint density at radius 3 is 1.52 bits per heavy atom. The van der Waals surface area contributed by atoms with E-state index in [2.05, 4.69) is 61.3 Å². The van der Waals surface area contributed by atoms with Gasteiger partial charge in [0.1, 0.15) is 11.6 Å². The first-order valence-corrected chi connectivity index (χ1v) is 15.7. The molecule has 0 bridgehead atoms. The number of piperidine rings is 2. The lowest BCUT2D eigenvalue weighted by Crippen LogP contribution is -2.39. The molecule has 0 radical (unpaired) electrons. The topological polar surface area (TPSA) is 72.7 Å². The van der Waals surface area contributed by atoms with Crippen molar-refractivity contribution in [3.8, 4) is 0 Å². The Morgan fingerprint density at radius 2 is 1.10 bits per heavy atom. The van der Waals surface area contributed by atoms with Gasteiger partial charge >= 0.3 is 0 Å². The summed E-state index contributed by atoms with van der Waals surface area (Å²) in [5, 5.41) is 14.0. The zero-order chi connectivity index (χ0) is 32.6. The molecule has 2 aliphatic heterocycles. The number of anilines is 2. The maximum Gasteiger partial charge on any atom is 0.165 e. The van der Waals surface area contributed by atoms with Crippen molar-refractivity contribution in [2.24, 2.45) is 23.7 Å². The Labute approximate surface area is 255 Å². The summed E-state index contributed by atoms with van der Waals surface area (Å²) in [5.41, 5.74) is 1.81. The lowest BCUT2D eigenvalue weighted by molar-refractivity contribution is 0.352. The van der Waals surface area contributed by atoms with Crippen molar-refractivity contribution in [1.82, 2.24) is 9.97 Å². The quantitative estimate of drug-likeness (QED) is 0.375. The number of hydrogen-bond donors (Lipinski definition) is 2. The largest absolute Gasteiger partial charge is 0.400 e. The van der Waals surface area contributed by atoms with Crippen molar-refractivity contribution in [3.63, 3.8) is 0 Å². The minimum Gasteiger partial charge on any atom is -0.400 e. The fraction of sp³-hybridized carbons (Fsp3) is 0.706. The van der Waals surface area contributed by atoms with E-state index >= 15 is 0 Å². The molecule has 2 N–H and O–H groups in total. The summed E-state index contributed by atoms with van der Waals surface area (Å²) in [7, 11) is 2.00. The SMILES string of the molecule is CC.CC1CC(C)CN(c2cc(F)cc(C(C)C)n2)C1.CC1CC(C)CN(c2nc(C(C)C)ccc2F)C1.CO.CO. The molecule has 4 atom stereocenters. The predicted octanol–water partition coefficient (Wildman–Crippen LogP) is 7.90. The zero-order valence-electron chi connectivity index (χ0n) is 28.5. The number of aliphatic hydroxyl groups is 2. The Balaban J connectivity index is 0.000000680. The number of aliphatic hydroxyl groups excluding tert-OH is 2. The molecular formula is C34H60F2N4O2. The van der Waals surface area contributed by atoms with Gasteiger partial charge in [-0.15, -0.1) is 0 Å². The minimum atomic E-state index is -0.194. The molecule has 0 spiro atoms. The van der Waals surface area contributed by atoms with Crippen LogP contribution in [-0.4, -0.2) is 60.6 Å². The third-order valence-electron chi connectivity index (χ3n) is 7.19. The first-order valence-electron chi connectivity index (χ1n) is 15.7. The monoisotopic (exact) mass is 594 g/mol. The van der Waals surface area contributed by atoms with Gasteiger partial charge in [0.15, 0.2) is 11.6 Å². The van der Waals surface area contributed by atoms with Gasteiger partial charge in [-0.1, -0.05) is 69.2 Å². The van der Waals surface area contributed by atoms with Crippen LogP contribution in [0, 0.1) is 35.3 Å². The van der Waals surface area contributed by atoms with Crippen molar-refractivity contribution >= 4 is 11.6 Å². The van der Waals surface area contributed by atoms with E-state index in [0.29, 0.717) is 35.4 Å². The number of rotatable bonds is 4. The summed E-state index contributed by atoms with van der Waals surface area (Å²) in [6.45, 7) is 25.0. The second kappa shape index (κ2) is 20.6. The van der Waals surface area contributed by atoms with Crippen molar-refractivity contribution in [2.45, 2.75) is 93.9 Å². The fourth-order valence-corrected chi connectivity index (χ4v) is 5.64. The molecule has 242 valence electrons. The molecule has 0 aromatic carbocycles. The summed E-state index contributed by atoms with van der Waals surface area (Å²) in [4.78, 5) is 13.5. The molecule has 42 heavy (non-hydrogen) atoms. The molecule has 4 heterocycles. The van der Waals surface area contributed by atoms with Gasteiger partial charge < -0.3 is 20.0 Å². The summed E-state index contributed by atoms with van der Waals surface area (Å²) < 4.78 is 27.6. The number of halogens is 2. The van der Waals surface area contributed by atoms with Gasteiger partial charge in [-0.25, -0.2) is 18.7 Å². The molecule has 2 saturated heterocycles. The van der Waals surface area contributed by atoms with E-state index in [-0.39, 0.29) is 17.6 Å². The van der Waals surface area contributed by atoms with Crippen LogP contribution in [0.5, 0.6) is 0 Å². The van der Waals surface area contributed by atoms with E-state index in [0.717, 1.165) is 57.6 Å². The lowest BCUT2D eigenvalue weighted by atomic mass is 9.92. The molecule has 2 fully saturated rings. The van der Waals surface area contributed by atoms with Crippen LogP contribution < -0.4 is 9.80 Å². The van der Waals surface area contributed by atoms with Gasteiger partial charge in [0, 0.05) is 57.9 Å². The highest BCUT2D eigenvalue weighted by molar-refractivity contribution is 5.42. The van der Waals surface area contributed by atoms with E-state index in [4.69, 9.17) is 10.2 Å². The second-order valence-electron chi connectivity index (χ2n) is 12.1. The van der Waals surface area contributed by atoms with Gasteiger partial charge in [-0.3, -0.25) is 0 Å². The number of pyridine rings is 2.